The summed E-state index contributed by atoms with van der Waals surface area (Å²) in [7, 11) is 0. The average molecular weight is 528 g/mol. The van der Waals surface area contributed by atoms with Gasteiger partial charge in [0.2, 0.25) is 0 Å². The molecule has 0 saturated heterocycles. The lowest BCUT2D eigenvalue weighted by Crippen LogP contribution is -2.33. The Bertz CT molecular complexity index is 914. The van der Waals surface area contributed by atoms with Gasteiger partial charge in [-0.15, -0.1) is 10.1 Å². The van der Waals surface area contributed by atoms with Crippen LogP contribution >= 0.6 is 0 Å². The lowest BCUT2D eigenvalue weighted by Gasteiger charge is -2.19. The number of carbonyl (C=O) groups excluding carboxylic acids is 3. The zero-order valence-electron chi connectivity index (χ0n) is 21.1. The molecule has 1 aromatic carbocycles. The minimum absolute atomic E-state index is 0.00595. The number of carbonyl (C=O) groups is 3. The zero-order valence-corrected chi connectivity index (χ0v) is 21.1. The molecule has 0 fully saturated rings. The molecule has 0 bridgehead atoms. The molecular weight excluding hydrogens is 494 g/mol. The number of unbranched alkanes of at least 4 members (excludes halogenated alkanes) is 2. The van der Waals surface area contributed by atoms with Crippen molar-refractivity contribution < 1.29 is 43.4 Å². The van der Waals surface area contributed by atoms with E-state index in [0.29, 0.717) is 32.2 Å². The molecule has 0 aromatic heterocycles. The lowest BCUT2D eigenvalue weighted by atomic mass is 9.98. The van der Waals surface area contributed by atoms with Gasteiger partial charge in [-0.05, 0) is 58.6 Å². The Balaban J connectivity index is 2.59. The Morgan fingerprint density at radius 1 is 0.973 bits per heavy atom. The Labute approximate surface area is 213 Å². The van der Waals surface area contributed by atoms with Crippen molar-refractivity contribution in [3.63, 3.8) is 0 Å². The number of amides is 1. The SMILES string of the molecule is CC(C)(C)OC(=O)NCCCC[C@H](CC(=O)Oc1ccc([N+](=O)[O-])cc1)C(=O)OCCCCO[N+](=O)[O-]. The summed E-state index contributed by atoms with van der Waals surface area (Å²) in [6, 6.07) is 4.93. The highest BCUT2D eigenvalue weighted by Crippen LogP contribution is 2.20. The van der Waals surface area contributed by atoms with E-state index in [9.17, 15) is 34.6 Å². The minimum Gasteiger partial charge on any atom is -0.465 e. The van der Waals surface area contributed by atoms with Crippen LogP contribution in [0.3, 0.4) is 0 Å². The van der Waals surface area contributed by atoms with Gasteiger partial charge in [0, 0.05) is 18.7 Å². The number of hydrogen-bond acceptors (Lipinski definition) is 11. The van der Waals surface area contributed by atoms with E-state index in [1.165, 1.54) is 24.3 Å². The van der Waals surface area contributed by atoms with Crippen LogP contribution in [0.15, 0.2) is 24.3 Å². The number of nitro groups is 1. The predicted octanol–water partition coefficient (Wildman–Crippen LogP) is 3.73. The molecule has 0 saturated carbocycles. The van der Waals surface area contributed by atoms with E-state index in [1.807, 2.05) is 0 Å². The first-order chi connectivity index (χ1) is 17.4. The van der Waals surface area contributed by atoms with E-state index in [4.69, 9.17) is 14.2 Å². The highest BCUT2D eigenvalue weighted by molar-refractivity contribution is 5.81. The summed E-state index contributed by atoms with van der Waals surface area (Å²) in [5.41, 5.74) is -0.789. The van der Waals surface area contributed by atoms with Crippen molar-refractivity contribution in [1.82, 2.24) is 5.32 Å². The number of benzene rings is 1. The highest BCUT2D eigenvalue weighted by Gasteiger charge is 2.24. The number of nitro benzene ring substituents is 1. The van der Waals surface area contributed by atoms with Gasteiger partial charge in [-0.3, -0.25) is 19.7 Å². The molecule has 0 aliphatic carbocycles. The second kappa shape index (κ2) is 15.9. The molecule has 1 amide bonds. The van der Waals surface area contributed by atoms with Crippen LogP contribution in [0.25, 0.3) is 0 Å². The normalized spacial score (nSPS) is 11.6. The summed E-state index contributed by atoms with van der Waals surface area (Å²) in [4.78, 5) is 61.2. The van der Waals surface area contributed by atoms with Gasteiger partial charge in [0.1, 0.15) is 11.4 Å². The largest absolute Gasteiger partial charge is 0.465 e. The molecular formula is C23H33N3O11. The van der Waals surface area contributed by atoms with Gasteiger partial charge in [-0.25, -0.2) is 4.79 Å². The maximum Gasteiger partial charge on any atom is 0.407 e. The molecule has 14 heteroatoms. The third-order valence-corrected chi connectivity index (χ3v) is 4.65. The fraction of sp³-hybridized carbons (Fsp3) is 0.609. The van der Waals surface area contributed by atoms with Crippen molar-refractivity contribution in [3.8, 4) is 5.75 Å². The topological polar surface area (TPSA) is 186 Å². The molecule has 0 unspecified atom stereocenters. The first-order valence-corrected chi connectivity index (χ1v) is 11.7. The molecule has 14 nitrogen and oxygen atoms in total. The molecule has 1 rings (SSSR count). The Kier molecular flexibility index (Phi) is 13.4. The Hall–Kier alpha value is -3.97. The van der Waals surface area contributed by atoms with Crippen LogP contribution < -0.4 is 10.1 Å². The first kappa shape index (κ1) is 31.1. The van der Waals surface area contributed by atoms with E-state index in [2.05, 4.69) is 10.2 Å². The van der Waals surface area contributed by atoms with Crippen molar-refractivity contribution >= 4 is 23.7 Å². The van der Waals surface area contributed by atoms with Crippen molar-refractivity contribution in [2.45, 2.75) is 64.9 Å². The number of rotatable bonds is 16. The van der Waals surface area contributed by atoms with Gasteiger partial charge in [-0.1, -0.05) is 6.42 Å². The molecule has 0 radical (unpaired) electrons. The molecule has 0 heterocycles. The summed E-state index contributed by atoms with van der Waals surface area (Å²) in [6.45, 7) is 5.41. The molecule has 206 valence electrons. The molecule has 37 heavy (non-hydrogen) atoms. The second-order valence-corrected chi connectivity index (χ2v) is 8.98. The van der Waals surface area contributed by atoms with Crippen molar-refractivity contribution in [3.05, 3.63) is 44.5 Å². The van der Waals surface area contributed by atoms with Gasteiger partial charge in [0.15, 0.2) is 0 Å². The average Bonchev–Trinajstić information content (AvgIpc) is 2.79. The van der Waals surface area contributed by atoms with Crippen LogP contribution in [0, 0.1) is 26.1 Å². The molecule has 0 aliphatic heterocycles. The number of alkyl carbamates (subject to hydrolysis) is 1. The Morgan fingerprint density at radius 2 is 1.62 bits per heavy atom. The standard InChI is InChI=1S/C23H33N3O11/c1-23(2,3)37-22(29)24-13-5-4-8-17(21(28)34-14-6-7-15-35-26(32)33)16-20(27)36-19-11-9-18(10-12-19)25(30)31/h9-12,17H,4-8,13-16H2,1-3H3,(H,24,29)/t17-/m1/s1. The van der Waals surface area contributed by atoms with Crippen LogP contribution in [0.4, 0.5) is 10.5 Å². The van der Waals surface area contributed by atoms with Crippen LogP contribution in [0.5, 0.6) is 5.75 Å². The number of non-ortho nitro benzene ring substituents is 1. The van der Waals surface area contributed by atoms with Gasteiger partial charge < -0.3 is 24.4 Å². The zero-order chi connectivity index (χ0) is 27.8. The van der Waals surface area contributed by atoms with Crippen molar-refractivity contribution in [2.75, 3.05) is 19.8 Å². The van der Waals surface area contributed by atoms with Gasteiger partial charge >= 0.3 is 18.0 Å². The third kappa shape index (κ3) is 14.9. The molecule has 1 N–H and O–H groups in total. The third-order valence-electron chi connectivity index (χ3n) is 4.65. The summed E-state index contributed by atoms with van der Waals surface area (Å²) in [5, 5.41) is 22.6. The summed E-state index contributed by atoms with van der Waals surface area (Å²) in [6.07, 6.45) is 1.05. The van der Waals surface area contributed by atoms with Gasteiger partial charge in [-0.2, -0.15) is 0 Å². The first-order valence-electron chi connectivity index (χ1n) is 11.7. The number of esters is 2. The number of hydrogen-bond donors (Lipinski definition) is 1. The van der Waals surface area contributed by atoms with E-state index in [1.54, 1.807) is 20.8 Å². The summed E-state index contributed by atoms with van der Waals surface area (Å²) >= 11 is 0. The maximum atomic E-state index is 12.6. The maximum absolute atomic E-state index is 12.6. The number of ether oxygens (including phenoxy) is 3. The van der Waals surface area contributed by atoms with Crippen molar-refractivity contribution in [1.29, 1.82) is 0 Å². The van der Waals surface area contributed by atoms with E-state index in [-0.39, 0.29) is 37.5 Å². The lowest BCUT2D eigenvalue weighted by molar-refractivity contribution is -0.757. The van der Waals surface area contributed by atoms with Crippen LogP contribution in [0.1, 0.15) is 59.3 Å². The molecule has 0 aliphatic rings. The predicted molar refractivity (Wildman–Crippen MR) is 128 cm³/mol. The summed E-state index contributed by atoms with van der Waals surface area (Å²) in [5.74, 6) is -2.09. The smallest absolute Gasteiger partial charge is 0.407 e. The second-order valence-electron chi connectivity index (χ2n) is 8.98. The molecule has 1 aromatic rings. The van der Waals surface area contributed by atoms with E-state index < -0.39 is 39.6 Å². The van der Waals surface area contributed by atoms with Gasteiger partial charge in [0.25, 0.3) is 10.8 Å². The fourth-order valence-electron chi connectivity index (χ4n) is 2.97. The quantitative estimate of drug-likeness (QED) is 0.108. The van der Waals surface area contributed by atoms with Gasteiger partial charge in [0.05, 0.1) is 30.5 Å². The Morgan fingerprint density at radius 3 is 2.22 bits per heavy atom. The fourth-order valence-corrected chi connectivity index (χ4v) is 2.97. The van der Waals surface area contributed by atoms with Crippen molar-refractivity contribution in [2.24, 2.45) is 5.92 Å². The minimum atomic E-state index is -0.906. The monoisotopic (exact) mass is 527 g/mol. The molecule has 1 atom stereocenters. The van der Waals surface area contributed by atoms with Crippen LogP contribution in [-0.4, -0.2) is 53.4 Å². The molecule has 0 spiro atoms. The van der Waals surface area contributed by atoms with Crippen LogP contribution in [-0.2, 0) is 23.9 Å². The van der Waals surface area contributed by atoms with E-state index in [0.717, 1.165) is 0 Å². The van der Waals surface area contributed by atoms with Crippen LogP contribution in [0.2, 0.25) is 0 Å². The number of nitrogens with one attached hydrogen (secondary N) is 1. The number of nitrogens with zero attached hydrogens (tertiary/aromatic N) is 2. The van der Waals surface area contributed by atoms with E-state index >= 15 is 0 Å². The summed E-state index contributed by atoms with van der Waals surface area (Å²) < 4.78 is 15.6. The highest BCUT2D eigenvalue weighted by atomic mass is 16.9.